The van der Waals surface area contributed by atoms with Crippen molar-refractivity contribution in [3.05, 3.63) is 93.3 Å². The van der Waals surface area contributed by atoms with Crippen molar-refractivity contribution in [2.45, 2.75) is 13.8 Å². The highest BCUT2D eigenvalue weighted by Gasteiger charge is 2.10. The van der Waals surface area contributed by atoms with Crippen molar-refractivity contribution in [1.82, 2.24) is 4.57 Å². The summed E-state index contributed by atoms with van der Waals surface area (Å²) in [6, 6.07) is 18.2. The van der Waals surface area contributed by atoms with Crippen molar-refractivity contribution in [3.63, 3.8) is 0 Å². The number of nitriles is 1. The Balaban J connectivity index is 2.04. The van der Waals surface area contributed by atoms with E-state index in [1.807, 2.05) is 35.0 Å². The number of nitro benzene ring substituents is 1. The Kier molecular flexibility index (Phi) is 4.68. The average molecular weight is 343 g/mol. The molecule has 3 rings (SSSR count). The molecule has 0 radical (unpaired) electrons. The molecule has 3 aromatic rings. The first-order chi connectivity index (χ1) is 12.5. The van der Waals surface area contributed by atoms with Gasteiger partial charge in [0.2, 0.25) is 0 Å². The lowest BCUT2D eigenvalue weighted by Crippen LogP contribution is -1.99. The van der Waals surface area contributed by atoms with Crippen LogP contribution in [0.2, 0.25) is 0 Å². The van der Waals surface area contributed by atoms with Crippen LogP contribution < -0.4 is 0 Å². The van der Waals surface area contributed by atoms with Gasteiger partial charge in [0.1, 0.15) is 0 Å². The van der Waals surface area contributed by atoms with Crippen LogP contribution in [-0.2, 0) is 0 Å². The second-order valence-electron chi connectivity index (χ2n) is 6.00. The third-order valence-corrected chi connectivity index (χ3v) is 4.42. The molecular formula is C21H17N3O2. The Morgan fingerprint density at radius 1 is 1.12 bits per heavy atom. The Morgan fingerprint density at radius 2 is 1.85 bits per heavy atom. The van der Waals surface area contributed by atoms with Crippen LogP contribution in [0.1, 0.15) is 22.4 Å². The number of aryl methyl sites for hydroxylation is 1. The molecule has 0 amide bonds. The van der Waals surface area contributed by atoms with Crippen molar-refractivity contribution in [1.29, 1.82) is 5.26 Å². The summed E-state index contributed by atoms with van der Waals surface area (Å²) in [4.78, 5) is 10.3. The summed E-state index contributed by atoms with van der Waals surface area (Å²) in [5.41, 5.74) is 5.40. The van der Waals surface area contributed by atoms with Crippen molar-refractivity contribution in [2.24, 2.45) is 0 Å². The van der Waals surface area contributed by atoms with E-state index in [0.29, 0.717) is 11.1 Å². The number of benzene rings is 2. The highest BCUT2D eigenvalue weighted by Crippen LogP contribution is 2.24. The molecule has 0 spiro atoms. The summed E-state index contributed by atoms with van der Waals surface area (Å²) in [5, 5.41) is 20.3. The molecule has 0 saturated heterocycles. The van der Waals surface area contributed by atoms with Crippen LogP contribution in [0.5, 0.6) is 0 Å². The molecule has 5 nitrogen and oxygen atoms in total. The minimum atomic E-state index is -0.453. The topological polar surface area (TPSA) is 71.9 Å². The minimum Gasteiger partial charge on any atom is -0.317 e. The Labute approximate surface area is 151 Å². The predicted molar refractivity (Wildman–Crippen MR) is 102 cm³/mol. The first-order valence-corrected chi connectivity index (χ1v) is 8.12. The number of allylic oxidation sites excluding steroid dienone is 1. The number of non-ortho nitro benzene ring substituents is 1. The van der Waals surface area contributed by atoms with E-state index in [2.05, 4.69) is 26.0 Å². The Morgan fingerprint density at radius 3 is 2.50 bits per heavy atom. The Hall–Kier alpha value is -3.65. The van der Waals surface area contributed by atoms with E-state index in [4.69, 9.17) is 0 Å². The number of rotatable bonds is 4. The van der Waals surface area contributed by atoms with E-state index in [0.717, 1.165) is 11.4 Å². The molecule has 0 bridgehead atoms. The lowest BCUT2D eigenvalue weighted by molar-refractivity contribution is -0.384. The average Bonchev–Trinajstić information content (AvgIpc) is 3.10. The van der Waals surface area contributed by atoms with Crippen LogP contribution in [0.4, 0.5) is 5.69 Å². The maximum atomic E-state index is 10.8. The molecule has 0 saturated carbocycles. The van der Waals surface area contributed by atoms with Gasteiger partial charge in [0.05, 0.1) is 16.6 Å². The quantitative estimate of drug-likeness (QED) is 0.377. The minimum absolute atomic E-state index is 0.00444. The van der Waals surface area contributed by atoms with E-state index in [1.54, 1.807) is 18.2 Å². The van der Waals surface area contributed by atoms with E-state index < -0.39 is 4.92 Å². The highest BCUT2D eigenvalue weighted by atomic mass is 16.6. The molecule has 2 aromatic carbocycles. The molecule has 0 atom stereocenters. The zero-order valence-electron chi connectivity index (χ0n) is 14.5. The molecule has 1 aromatic heterocycles. The van der Waals surface area contributed by atoms with Crippen LogP contribution in [0, 0.1) is 35.3 Å². The van der Waals surface area contributed by atoms with Crippen molar-refractivity contribution in [3.8, 4) is 11.8 Å². The number of hydrogen-bond donors (Lipinski definition) is 0. The van der Waals surface area contributed by atoms with Crippen LogP contribution in [0.3, 0.4) is 0 Å². The molecule has 0 fully saturated rings. The maximum Gasteiger partial charge on any atom is 0.269 e. The van der Waals surface area contributed by atoms with Crippen molar-refractivity contribution < 1.29 is 4.92 Å². The van der Waals surface area contributed by atoms with Crippen LogP contribution in [0.15, 0.2) is 60.8 Å². The molecule has 26 heavy (non-hydrogen) atoms. The van der Waals surface area contributed by atoms with Crippen molar-refractivity contribution >= 4 is 17.3 Å². The van der Waals surface area contributed by atoms with Gasteiger partial charge in [0.25, 0.3) is 5.69 Å². The molecule has 5 heteroatoms. The third-order valence-electron chi connectivity index (χ3n) is 4.42. The van der Waals surface area contributed by atoms with Crippen LogP contribution in [-0.4, -0.2) is 9.49 Å². The first kappa shape index (κ1) is 17.2. The van der Waals surface area contributed by atoms with Gasteiger partial charge in [-0.25, -0.2) is 0 Å². The SMILES string of the molecule is Cc1cccc(-n2cccc2/C=C(/C#N)c2ccc([N+](=O)[O-])cc2)c1C. The second-order valence-corrected chi connectivity index (χ2v) is 6.00. The lowest BCUT2D eigenvalue weighted by atomic mass is 10.0. The number of aromatic nitrogens is 1. The van der Waals surface area contributed by atoms with E-state index in [9.17, 15) is 15.4 Å². The maximum absolute atomic E-state index is 10.8. The summed E-state index contributed by atoms with van der Waals surface area (Å²) in [5.74, 6) is 0. The second kappa shape index (κ2) is 7.08. The van der Waals surface area contributed by atoms with Gasteiger partial charge in [-0.2, -0.15) is 5.26 Å². The molecule has 0 unspecified atom stereocenters. The summed E-state index contributed by atoms with van der Waals surface area (Å²) < 4.78 is 2.03. The van der Waals surface area contributed by atoms with E-state index >= 15 is 0 Å². The fourth-order valence-corrected chi connectivity index (χ4v) is 2.82. The van der Waals surface area contributed by atoms with Crippen LogP contribution in [0.25, 0.3) is 17.3 Å². The van der Waals surface area contributed by atoms with Crippen molar-refractivity contribution in [2.75, 3.05) is 0 Å². The van der Waals surface area contributed by atoms with Gasteiger partial charge >= 0.3 is 0 Å². The van der Waals surface area contributed by atoms with E-state index in [1.165, 1.54) is 23.3 Å². The van der Waals surface area contributed by atoms with Gasteiger partial charge in [0.15, 0.2) is 0 Å². The fraction of sp³-hybridized carbons (Fsp3) is 0.0952. The molecule has 1 heterocycles. The molecular weight excluding hydrogens is 326 g/mol. The summed E-state index contributed by atoms with van der Waals surface area (Å²) in [6.45, 7) is 4.13. The zero-order valence-corrected chi connectivity index (χ0v) is 14.5. The Bertz CT molecular complexity index is 1040. The molecule has 0 N–H and O–H groups in total. The number of nitro groups is 1. The van der Waals surface area contributed by atoms with E-state index in [-0.39, 0.29) is 5.69 Å². The normalized spacial score (nSPS) is 11.2. The third kappa shape index (κ3) is 3.26. The molecule has 0 aliphatic heterocycles. The summed E-state index contributed by atoms with van der Waals surface area (Å²) >= 11 is 0. The smallest absolute Gasteiger partial charge is 0.269 e. The lowest BCUT2D eigenvalue weighted by Gasteiger charge is -2.12. The number of hydrogen-bond acceptors (Lipinski definition) is 3. The highest BCUT2D eigenvalue weighted by molar-refractivity contribution is 5.89. The van der Waals surface area contributed by atoms with Gasteiger partial charge in [0, 0.05) is 29.7 Å². The summed E-state index contributed by atoms with van der Waals surface area (Å²) in [6.07, 6.45) is 3.75. The van der Waals surface area contributed by atoms with Gasteiger partial charge < -0.3 is 4.57 Å². The monoisotopic (exact) mass is 343 g/mol. The molecule has 128 valence electrons. The van der Waals surface area contributed by atoms with Gasteiger partial charge in [-0.05, 0) is 66.9 Å². The van der Waals surface area contributed by atoms with Gasteiger partial charge in [-0.1, -0.05) is 12.1 Å². The van der Waals surface area contributed by atoms with Crippen LogP contribution >= 0.6 is 0 Å². The largest absolute Gasteiger partial charge is 0.317 e. The molecule has 0 aliphatic carbocycles. The standard InChI is InChI=1S/C21H17N3O2/c1-15-5-3-7-21(16(15)2)23-12-4-6-20(23)13-18(14-22)17-8-10-19(11-9-17)24(25)26/h3-13H,1-2H3/b18-13-. The van der Waals surface area contributed by atoms with Gasteiger partial charge in [-0.3, -0.25) is 10.1 Å². The predicted octanol–water partition coefficient (Wildman–Crippen LogP) is 5.07. The number of nitrogens with zero attached hydrogens (tertiary/aromatic N) is 3. The zero-order chi connectivity index (χ0) is 18.7. The molecule has 0 aliphatic rings. The summed E-state index contributed by atoms with van der Waals surface area (Å²) in [7, 11) is 0. The first-order valence-electron chi connectivity index (χ1n) is 8.12. The fourth-order valence-electron chi connectivity index (χ4n) is 2.82. The van der Waals surface area contributed by atoms with Gasteiger partial charge in [-0.15, -0.1) is 0 Å².